The average Bonchev–Trinajstić information content (AvgIpc) is 2.83. The van der Waals surface area contributed by atoms with Crippen LogP contribution in [-0.4, -0.2) is 23.2 Å². The minimum absolute atomic E-state index is 0.0584. The minimum atomic E-state index is -3.88. The van der Waals surface area contributed by atoms with E-state index in [1.807, 2.05) is 6.92 Å². The highest BCUT2D eigenvalue weighted by Crippen LogP contribution is 2.31. The number of hydrogen-bond acceptors (Lipinski definition) is 5. The Bertz CT molecular complexity index is 758. The van der Waals surface area contributed by atoms with Crippen LogP contribution < -0.4 is 9.88 Å². The maximum atomic E-state index is 11.7. The zero-order chi connectivity index (χ0) is 15.6. The van der Waals surface area contributed by atoms with Gasteiger partial charge >= 0.3 is 0 Å². The highest BCUT2D eigenvalue weighted by Gasteiger charge is 2.19. The molecule has 21 heavy (non-hydrogen) atoms. The van der Waals surface area contributed by atoms with Crippen LogP contribution in [0, 0.1) is 6.92 Å². The van der Waals surface area contributed by atoms with Gasteiger partial charge in [0, 0.05) is 11.0 Å². The van der Waals surface area contributed by atoms with E-state index in [1.165, 1.54) is 12.4 Å². The third-order valence-corrected chi connectivity index (χ3v) is 4.23. The van der Waals surface area contributed by atoms with Crippen molar-refractivity contribution in [1.82, 2.24) is 14.8 Å². The van der Waals surface area contributed by atoms with Gasteiger partial charge in [0.05, 0.1) is 0 Å². The van der Waals surface area contributed by atoms with Gasteiger partial charge in [-0.05, 0) is 31.5 Å². The minimum Gasteiger partial charge on any atom is -0.484 e. The predicted molar refractivity (Wildman–Crippen MR) is 80.3 cm³/mol. The fourth-order valence-corrected chi connectivity index (χ4v) is 3.39. The number of nitrogens with zero attached hydrogens (tertiary/aromatic N) is 3. The highest BCUT2D eigenvalue weighted by molar-refractivity contribution is 9.10. The molecular weight excluding hydrogens is 360 g/mol. The lowest BCUT2D eigenvalue weighted by atomic mass is 10.2. The van der Waals surface area contributed by atoms with Gasteiger partial charge in [0.25, 0.3) is 0 Å². The summed E-state index contributed by atoms with van der Waals surface area (Å²) in [6.45, 7) is 4.44. The van der Waals surface area contributed by atoms with E-state index in [0.717, 1.165) is 0 Å². The SMILES string of the molecule is CCn1ncnc1COc1c(C)cc(Br)cc1S(N)(=O)=O. The summed E-state index contributed by atoms with van der Waals surface area (Å²) < 4.78 is 31.3. The van der Waals surface area contributed by atoms with E-state index in [-0.39, 0.29) is 17.3 Å². The van der Waals surface area contributed by atoms with Crippen molar-refractivity contribution >= 4 is 26.0 Å². The van der Waals surface area contributed by atoms with Crippen molar-refractivity contribution in [2.75, 3.05) is 0 Å². The van der Waals surface area contributed by atoms with Crippen LogP contribution in [0.5, 0.6) is 5.75 Å². The zero-order valence-corrected chi connectivity index (χ0v) is 14.0. The Morgan fingerprint density at radius 2 is 2.14 bits per heavy atom. The first-order chi connectivity index (χ1) is 9.82. The number of aromatic nitrogens is 3. The third-order valence-electron chi connectivity index (χ3n) is 2.85. The van der Waals surface area contributed by atoms with Crippen molar-refractivity contribution in [2.45, 2.75) is 31.9 Å². The van der Waals surface area contributed by atoms with Gasteiger partial charge in [-0.25, -0.2) is 23.2 Å². The molecule has 2 aromatic rings. The molecule has 9 heteroatoms. The van der Waals surface area contributed by atoms with E-state index in [1.54, 1.807) is 17.7 Å². The van der Waals surface area contributed by atoms with Gasteiger partial charge in [-0.3, -0.25) is 0 Å². The molecule has 0 spiro atoms. The zero-order valence-electron chi connectivity index (χ0n) is 11.6. The van der Waals surface area contributed by atoms with Crippen molar-refractivity contribution < 1.29 is 13.2 Å². The van der Waals surface area contributed by atoms with E-state index >= 15 is 0 Å². The Morgan fingerprint density at radius 3 is 2.76 bits per heavy atom. The van der Waals surface area contributed by atoms with Crippen molar-refractivity contribution in [3.05, 3.63) is 34.3 Å². The summed E-state index contributed by atoms with van der Waals surface area (Å²) in [6, 6.07) is 3.18. The van der Waals surface area contributed by atoms with Gasteiger partial charge in [0.2, 0.25) is 10.0 Å². The molecule has 1 heterocycles. The van der Waals surface area contributed by atoms with Gasteiger partial charge in [-0.2, -0.15) is 5.10 Å². The smallest absolute Gasteiger partial charge is 0.241 e. The van der Waals surface area contributed by atoms with E-state index in [0.29, 0.717) is 22.4 Å². The molecule has 0 saturated heterocycles. The molecule has 0 atom stereocenters. The quantitative estimate of drug-likeness (QED) is 0.856. The van der Waals surface area contributed by atoms with Crippen LogP contribution in [0.2, 0.25) is 0 Å². The van der Waals surface area contributed by atoms with Crippen molar-refractivity contribution in [3.63, 3.8) is 0 Å². The van der Waals surface area contributed by atoms with E-state index in [4.69, 9.17) is 9.88 Å². The van der Waals surface area contributed by atoms with Crippen molar-refractivity contribution in [3.8, 4) is 5.75 Å². The standard InChI is InChI=1S/C12H15BrN4O3S/c1-3-17-11(15-7-16-17)6-20-12-8(2)4-9(13)5-10(12)21(14,18)19/h4-5,7H,3,6H2,1-2H3,(H2,14,18,19). The number of rotatable bonds is 5. The number of benzene rings is 1. The van der Waals surface area contributed by atoms with Gasteiger partial charge in [0.1, 0.15) is 23.6 Å². The van der Waals surface area contributed by atoms with Crippen LogP contribution in [0.15, 0.2) is 27.8 Å². The number of ether oxygens (including phenoxy) is 1. The topological polar surface area (TPSA) is 100 Å². The fraction of sp³-hybridized carbons (Fsp3) is 0.333. The Labute approximate surface area is 131 Å². The maximum absolute atomic E-state index is 11.7. The molecule has 2 rings (SSSR count). The summed E-state index contributed by atoms with van der Waals surface area (Å²) in [7, 11) is -3.88. The summed E-state index contributed by atoms with van der Waals surface area (Å²) in [5.41, 5.74) is 0.663. The molecular formula is C12H15BrN4O3S. The molecule has 0 saturated carbocycles. The molecule has 0 bridgehead atoms. The van der Waals surface area contributed by atoms with Crippen LogP contribution in [0.1, 0.15) is 18.3 Å². The predicted octanol–water partition coefficient (Wildman–Crippen LogP) is 1.60. The second kappa shape index (κ2) is 6.12. The molecule has 0 amide bonds. The van der Waals surface area contributed by atoms with Crippen LogP contribution in [0.4, 0.5) is 0 Å². The molecule has 0 unspecified atom stereocenters. The molecule has 0 aliphatic heterocycles. The summed E-state index contributed by atoms with van der Waals surface area (Å²) in [6.07, 6.45) is 1.43. The number of halogens is 1. The van der Waals surface area contributed by atoms with E-state index < -0.39 is 10.0 Å². The van der Waals surface area contributed by atoms with Crippen LogP contribution in [0.3, 0.4) is 0 Å². The Morgan fingerprint density at radius 1 is 1.43 bits per heavy atom. The first-order valence-electron chi connectivity index (χ1n) is 6.15. The van der Waals surface area contributed by atoms with E-state index in [2.05, 4.69) is 26.0 Å². The van der Waals surface area contributed by atoms with Crippen molar-refractivity contribution in [1.29, 1.82) is 0 Å². The number of hydrogen-bond donors (Lipinski definition) is 1. The summed E-state index contributed by atoms with van der Waals surface area (Å²) in [4.78, 5) is 4.02. The lowest BCUT2D eigenvalue weighted by Crippen LogP contribution is -2.15. The Kier molecular flexibility index (Phi) is 4.64. The third kappa shape index (κ3) is 3.60. The lowest BCUT2D eigenvalue weighted by molar-refractivity contribution is 0.278. The molecule has 2 N–H and O–H groups in total. The Hall–Kier alpha value is -1.45. The maximum Gasteiger partial charge on any atom is 0.241 e. The fourth-order valence-electron chi connectivity index (χ4n) is 1.90. The molecule has 7 nitrogen and oxygen atoms in total. The van der Waals surface area contributed by atoms with Crippen LogP contribution in [0.25, 0.3) is 0 Å². The van der Waals surface area contributed by atoms with E-state index in [9.17, 15) is 8.42 Å². The first kappa shape index (κ1) is 15.9. The second-order valence-corrected chi connectivity index (χ2v) is 6.82. The highest BCUT2D eigenvalue weighted by atomic mass is 79.9. The largest absolute Gasteiger partial charge is 0.484 e. The van der Waals surface area contributed by atoms with Gasteiger partial charge in [-0.15, -0.1) is 0 Å². The summed E-state index contributed by atoms with van der Waals surface area (Å²) in [5, 5.41) is 9.27. The molecule has 1 aromatic carbocycles. The second-order valence-electron chi connectivity index (χ2n) is 4.38. The van der Waals surface area contributed by atoms with Crippen LogP contribution in [-0.2, 0) is 23.2 Å². The monoisotopic (exact) mass is 374 g/mol. The molecule has 0 fully saturated rings. The van der Waals surface area contributed by atoms with Gasteiger partial charge in [-0.1, -0.05) is 15.9 Å². The van der Waals surface area contributed by atoms with Crippen LogP contribution >= 0.6 is 15.9 Å². The lowest BCUT2D eigenvalue weighted by Gasteiger charge is -2.13. The molecule has 0 aliphatic carbocycles. The van der Waals surface area contributed by atoms with Gasteiger partial charge in [0.15, 0.2) is 5.82 Å². The molecule has 0 aliphatic rings. The molecule has 114 valence electrons. The number of aryl methyl sites for hydroxylation is 2. The Balaban J connectivity index is 2.36. The summed E-state index contributed by atoms with van der Waals surface area (Å²) in [5.74, 6) is 0.839. The summed E-state index contributed by atoms with van der Waals surface area (Å²) >= 11 is 3.25. The molecule has 1 aromatic heterocycles. The normalized spacial score (nSPS) is 11.6. The first-order valence-corrected chi connectivity index (χ1v) is 8.49. The van der Waals surface area contributed by atoms with Gasteiger partial charge < -0.3 is 4.74 Å². The number of sulfonamides is 1. The number of primary sulfonamides is 1. The van der Waals surface area contributed by atoms with Crippen molar-refractivity contribution in [2.24, 2.45) is 5.14 Å². The molecule has 0 radical (unpaired) electrons. The average molecular weight is 375 g/mol. The number of nitrogens with two attached hydrogens (primary N) is 1.